The molecule has 3 aromatic heterocycles. The second-order valence-corrected chi connectivity index (χ2v) is 9.41. The molecule has 1 fully saturated rings. The first-order valence-corrected chi connectivity index (χ1v) is 12.1. The number of benzene rings is 1. The number of nitrogens with zero attached hydrogens (tertiary/aromatic N) is 7. The molecule has 0 N–H and O–H groups in total. The molecular formula is C26H19F4N7O2. The summed E-state index contributed by atoms with van der Waals surface area (Å²) in [7, 11) is 0.947. The molecule has 0 saturated heterocycles. The molecule has 1 unspecified atom stereocenters. The highest BCUT2D eigenvalue weighted by molar-refractivity contribution is 5.90. The highest BCUT2D eigenvalue weighted by Crippen LogP contribution is 2.37. The van der Waals surface area contributed by atoms with E-state index in [2.05, 4.69) is 20.1 Å². The molecule has 0 amide bonds. The van der Waals surface area contributed by atoms with Gasteiger partial charge in [-0.1, -0.05) is 0 Å². The molecule has 4 heterocycles. The van der Waals surface area contributed by atoms with Gasteiger partial charge in [0.1, 0.15) is 23.1 Å². The van der Waals surface area contributed by atoms with Gasteiger partial charge in [0.15, 0.2) is 11.3 Å². The van der Waals surface area contributed by atoms with Crippen LogP contribution in [0.3, 0.4) is 0 Å². The monoisotopic (exact) mass is 537 g/mol. The Hall–Kier alpha value is -4.44. The molecular weight excluding hydrogens is 518 g/mol. The van der Waals surface area contributed by atoms with E-state index in [1.807, 2.05) is 10.9 Å². The van der Waals surface area contributed by atoms with Crippen molar-refractivity contribution in [3.8, 4) is 17.3 Å². The Balaban J connectivity index is 1.55. The first-order valence-electron chi connectivity index (χ1n) is 12.1. The highest BCUT2D eigenvalue weighted by Gasteiger charge is 2.37. The van der Waals surface area contributed by atoms with Crippen LogP contribution in [0.2, 0.25) is 0 Å². The van der Waals surface area contributed by atoms with Crippen molar-refractivity contribution in [2.24, 2.45) is 7.05 Å². The summed E-state index contributed by atoms with van der Waals surface area (Å²) >= 11 is 0. The number of alkyl halides is 3. The maximum absolute atomic E-state index is 15.1. The van der Waals surface area contributed by atoms with Crippen molar-refractivity contribution in [1.82, 2.24) is 29.3 Å². The van der Waals surface area contributed by atoms with E-state index in [1.165, 1.54) is 12.1 Å². The summed E-state index contributed by atoms with van der Waals surface area (Å²) < 4.78 is 64.3. The zero-order valence-electron chi connectivity index (χ0n) is 20.4. The number of aromatic nitrogens is 6. The second kappa shape index (κ2) is 9.09. The number of halogens is 4. The maximum atomic E-state index is 15.1. The topological polar surface area (TPSA) is 112 Å². The average molecular weight is 537 g/mol. The van der Waals surface area contributed by atoms with Gasteiger partial charge in [0, 0.05) is 24.4 Å². The fourth-order valence-electron chi connectivity index (χ4n) is 4.53. The molecule has 1 saturated carbocycles. The molecule has 4 aromatic rings. The third-order valence-corrected chi connectivity index (χ3v) is 6.71. The molecule has 13 heteroatoms. The normalized spacial score (nSPS) is 17.7. The lowest BCUT2D eigenvalue weighted by Crippen LogP contribution is -2.29. The van der Waals surface area contributed by atoms with Crippen molar-refractivity contribution in [2.45, 2.75) is 37.6 Å². The van der Waals surface area contributed by atoms with E-state index < -0.39 is 35.0 Å². The van der Waals surface area contributed by atoms with Crippen LogP contribution in [-0.4, -0.2) is 35.9 Å². The minimum absolute atomic E-state index is 0.0106. The van der Waals surface area contributed by atoms with Gasteiger partial charge >= 0.3 is 6.18 Å². The van der Waals surface area contributed by atoms with Gasteiger partial charge in [-0.2, -0.15) is 23.5 Å². The van der Waals surface area contributed by atoms with Crippen LogP contribution >= 0.6 is 0 Å². The van der Waals surface area contributed by atoms with Crippen molar-refractivity contribution in [2.75, 3.05) is 6.61 Å². The molecule has 1 atom stereocenters. The maximum Gasteiger partial charge on any atom is 0.449 e. The average Bonchev–Trinajstić information content (AvgIpc) is 3.65. The summed E-state index contributed by atoms with van der Waals surface area (Å²) in [5.41, 5.74) is -1.04. The number of ether oxygens (including phenoxy) is 1. The van der Waals surface area contributed by atoms with Gasteiger partial charge in [-0.15, -0.1) is 0 Å². The summed E-state index contributed by atoms with van der Waals surface area (Å²) in [6.07, 6.45) is 2.41. The number of fused-ring (bicyclic) bond motifs is 1. The Morgan fingerprint density at radius 2 is 1.95 bits per heavy atom. The smallest absolute Gasteiger partial charge is 0.369 e. The number of rotatable bonds is 4. The summed E-state index contributed by atoms with van der Waals surface area (Å²) in [6.45, 7) is 0.288. The van der Waals surface area contributed by atoms with Crippen LogP contribution in [0.5, 0.6) is 0 Å². The Labute approximate surface area is 218 Å². The van der Waals surface area contributed by atoms with Crippen molar-refractivity contribution in [1.29, 1.82) is 5.26 Å². The Morgan fingerprint density at radius 3 is 2.64 bits per heavy atom. The van der Waals surface area contributed by atoms with Gasteiger partial charge in [0.05, 0.1) is 30.5 Å². The van der Waals surface area contributed by atoms with E-state index in [0.29, 0.717) is 22.6 Å². The van der Waals surface area contributed by atoms with Gasteiger partial charge in [-0.25, -0.2) is 19.3 Å². The minimum Gasteiger partial charge on any atom is -0.369 e. The Bertz CT molecular complexity index is 1760. The Kier molecular flexibility index (Phi) is 5.80. The largest absolute Gasteiger partial charge is 0.449 e. The first kappa shape index (κ1) is 24.9. The lowest BCUT2D eigenvalue weighted by atomic mass is 10.0. The molecule has 6 rings (SSSR count). The van der Waals surface area contributed by atoms with Gasteiger partial charge in [-0.3, -0.25) is 14.0 Å². The van der Waals surface area contributed by atoms with Crippen LogP contribution in [0.15, 0.2) is 41.5 Å². The van der Waals surface area contributed by atoms with Crippen molar-refractivity contribution in [3.05, 3.63) is 75.6 Å². The van der Waals surface area contributed by atoms with E-state index in [-0.39, 0.29) is 34.8 Å². The van der Waals surface area contributed by atoms with E-state index in [9.17, 15) is 18.0 Å². The number of hydrogen-bond acceptors (Lipinski definition) is 7. The standard InChI is InChI=1S/C26H19F4N7O2/c1-36-24(38)22-21(35-25(36)26(28,29)30)20(17-5-2-13(10-31)8-18(17)27)33-23(34-22)14-6-7-39-19(9-14)15-11-32-37(12-15)16-3-4-16/h2,5,8-9,11-12,16,19H,3-4,6-7H2,1H3. The van der Waals surface area contributed by atoms with Gasteiger partial charge in [0.25, 0.3) is 5.56 Å². The fraction of sp³-hybridized carbons (Fsp3) is 0.308. The van der Waals surface area contributed by atoms with Gasteiger partial charge < -0.3 is 4.74 Å². The van der Waals surface area contributed by atoms with Crippen LogP contribution in [0, 0.1) is 17.1 Å². The lowest BCUT2D eigenvalue weighted by Gasteiger charge is -2.21. The van der Waals surface area contributed by atoms with Gasteiger partial charge in [0.2, 0.25) is 5.82 Å². The number of nitriles is 1. The highest BCUT2D eigenvalue weighted by atomic mass is 19.4. The quantitative estimate of drug-likeness (QED) is 0.353. The summed E-state index contributed by atoms with van der Waals surface area (Å²) in [5, 5.41) is 13.5. The second-order valence-electron chi connectivity index (χ2n) is 9.41. The van der Waals surface area contributed by atoms with Crippen molar-refractivity contribution in [3.63, 3.8) is 0 Å². The molecule has 1 aliphatic heterocycles. The third kappa shape index (κ3) is 4.46. The molecule has 198 valence electrons. The first-order chi connectivity index (χ1) is 18.6. The SMILES string of the molecule is Cn1c(C(F)(F)F)nc2c(-c3ccc(C#N)cc3F)nc(C3=CC(c4cnn(C5CC5)c4)OCC3)nc2c1=O. The molecule has 0 radical (unpaired) electrons. The van der Waals surface area contributed by atoms with Crippen LogP contribution in [0.4, 0.5) is 17.6 Å². The fourth-order valence-corrected chi connectivity index (χ4v) is 4.53. The van der Waals surface area contributed by atoms with Crippen LogP contribution < -0.4 is 5.56 Å². The summed E-state index contributed by atoms with van der Waals surface area (Å²) in [5.74, 6) is -2.32. The third-order valence-electron chi connectivity index (χ3n) is 6.71. The number of hydrogen-bond donors (Lipinski definition) is 0. The van der Waals surface area contributed by atoms with E-state index in [4.69, 9.17) is 10.00 Å². The van der Waals surface area contributed by atoms with Crippen molar-refractivity contribution >= 4 is 16.6 Å². The zero-order valence-corrected chi connectivity index (χ0v) is 20.4. The minimum atomic E-state index is -4.96. The van der Waals surface area contributed by atoms with Crippen LogP contribution in [0.1, 0.15) is 54.2 Å². The Morgan fingerprint density at radius 1 is 1.15 bits per heavy atom. The summed E-state index contributed by atoms with van der Waals surface area (Å²) in [6, 6.07) is 5.65. The lowest BCUT2D eigenvalue weighted by molar-refractivity contribution is -0.147. The molecule has 0 spiro atoms. The van der Waals surface area contributed by atoms with Gasteiger partial charge in [-0.05, 0) is 49.1 Å². The van der Waals surface area contributed by atoms with Crippen molar-refractivity contribution < 1.29 is 22.3 Å². The van der Waals surface area contributed by atoms with E-state index >= 15 is 4.39 Å². The molecule has 0 bridgehead atoms. The summed E-state index contributed by atoms with van der Waals surface area (Å²) in [4.78, 5) is 25.5. The molecule has 2 aliphatic rings. The predicted octanol–water partition coefficient (Wildman–Crippen LogP) is 4.50. The molecule has 1 aliphatic carbocycles. The van der Waals surface area contributed by atoms with Crippen LogP contribution in [0.25, 0.3) is 27.9 Å². The van der Waals surface area contributed by atoms with E-state index in [1.54, 1.807) is 18.3 Å². The van der Waals surface area contributed by atoms with E-state index in [0.717, 1.165) is 31.5 Å². The molecule has 9 nitrogen and oxygen atoms in total. The molecule has 39 heavy (non-hydrogen) atoms. The van der Waals surface area contributed by atoms with Crippen LogP contribution in [-0.2, 0) is 18.0 Å². The predicted molar refractivity (Wildman–Crippen MR) is 129 cm³/mol. The zero-order chi connectivity index (χ0) is 27.5. The molecule has 1 aromatic carbocycles.